The van der Waals surface area contributed by atoms with Crippen molar-refractivity contribution in [2.24, 2.45) is 0 Å². The second-order valence-corrected chi connectivity index (χ2v) is 3.31. The fourth-order valence-electron chi connectivity index (χ4n) is 1.17. The molecule has 0 aliphatic carbocycles. The van der Waals surface area contributed by atoms with E-state index in [1.807, 2.05) is 0 Å². The predicted octanol–water partition coefficient (Wildman–Crippen LogP) is 0.804. The average molecular weight is 223 g/mol. The Hall–Kier alpha value is -1.75. The molecule has 0 aromatic carbocycles. The largest absolute Gasteiger partial charge is 0.268 e. The van der Waals surface area contributed by atoms with Crippen molar-refractivity contribution in [1.29, 1.82) is 0 Å². The summed E-state index contributed by atoms with van der Waals surface area (Å²) in [5.74, 6) is 0. The molecule has 0 radical (unpaired) electrons. The molecule has 76 valence electrons. The third kappa shape index (κ3) is 2.38. The molecule has 0 amide bonds. The first-order valence-electron chi connectivity index (χ1n) is 4.24. The Balaban J connectivity index is 2.32. The van der Waals surface area contributed by atoms with Gasteiger partial charge in [0.25, 0.3) is 5.56 Å². The van der Waals surface area contributed by atoms with E-state index in [1.54, 1.807) is 12.3 Å². The maximum Gasteiger partial charge on any atom is 0.267 e. The van der Waals surface area contributed by atoms with Gasteiger partial charge in [0.2, 0.25) is 0 Å². The van der Waals surface area contributed by atoms with E-state index in [9.17, 15) is 4.79 Å². The molecule has 0 fully saturated rings. The molecule has 0 saturated carbocycles. The molecule has 2 aromatic heterocycles. The average Bonchev–Trinajstić information content (AvgIpc) is 2.25. The minimum atomic E-state index is -0.252. The number of halogens is 1. The molecule has 2 rings (SSSR count). The molecule has 2 heterocycles. The SMILES string of the molecule is O=c1[nH]nc(Cl)cc1Cc1ccncn1. The molecule has 2 aromatic rings. The highest BCUT2D eigenvalue weighted by Crippen LogP contribution is 2.05. The van der Waals surface area contributed by atoms with E-state index < -0.39 is 0 Å². The number of aromatic amines is 1. The fourth-order valence-corrected chi connectivity index (χ4v) is 1.34. The quantitative estimate of drug-likeness (QED) is 0.816. The van der Waals surface area contributed by atoms with Crippen LogP contribution in [0, 0.1) is 0 Å². The predicted molar refractivity (Wildman–Crippen MR) is 54.7 cm³/mol. The zero-order valence-corrected chi connectivity index (χ0v) is 8.40. The smallest absolute Gasteiger partial charge is 0.267 e. The summed E-state index contributed by atoms with van der Waals surface area (Å²) in [5, 5.41) is 6.15. The monoisotopic (exact) mass is 222 g/mol. The molecule has 0 unspecified atom stereocenters. The van der Waals surface area contributed by atoms with Crippen LogP contribution in [0.5, 0.6) is 0 Å². The van der Waals surface area contributed by atoms with E-state index in [0.717, 1.165) is 5.69 Å². The summed E-state index contributed by atoms with van der Waals surface area (Å²) in [6.45, 7) is 0. The van der Waals surface area contributed by atoms with E-state index in [0.29, 0.717) is 12.0 Å². The van der Waals surface area contributed by atoms with Gasteiger partial charge in [0.15, 0.2) is 0 Å². The molecule has 1 N–H and O–H groups in total. The van der Waals surface area contributed by atoms with Crippen molar-refractivity contribution in [3.8, 4) is 0 Å². The van der Waals surface area contributed by atoms with Crippen LogP contribution < -0.4 is 5.56 Å². The van der Waals surface area contributed by atoms with Crippen LogP contribution >= 0.6 is 11.6 Å². The minimum absolute atomic E-state index is 0.252. The van der Waals surface area contributed by atoms with Crippen molar-refractivity contribution in [2.75, 3.05) is 0 Å². The van der Waals surface area contributed by atoms with E-state index in [1.165, 1.54) is 12.4 Å². The normalized spacial score (nSPS) is 10.2. The van der Waals surface area contributed by atoms with Crippen molar-refractivity contribution in [2.45, 2.75) is 6.42 Å². The highest BCUT2D eigenvalue weighted by atomic mass is 35.5. The van der Waals surface area contributed by atoms with Crippen LogP contribution in [0.4, 0.5) is 0 Å². The number of hydrogen-bond acceptors (Lipinski definition) is 4. The summed E-state index contributed by atoms with van der Waals surface area (Å²) < 4.78 is 0. The van der Waals surface area contributed by atoms with Gasteiger partial charge >= 0.3 is 0 Å². The van der Waals surface area contributed by atoms with Gasteiger partial charge in [-0.1, -0.05) is 11.6 Å². The van der Waals surface area contributed by atoms with Gasteiger partial charge in [-0.2, -0.15) is 5.10 Å². The van der Waals surface area contributed by atoms with Crippen LogP contribution in [0.15, 0.2) is 29.5 Å². The van der Waals surface area contributed by atoms with E-state index in [2.05, 4.69) is 20.2 Å². The maximum absolute atomic E-state index is 11.4. The Morgan fingerprint density at radius 2 is 2.33 bits per heavy atom. The van der Waals surface area contributed by atoms with E-state index >= 15 is 0 Å². The van der Waals surface area contributed by atoms with Gasteiger partial charge in [-0.3, -0.25) is 4.79 Å². The standard InChI is InChI=1S/C9H7ClN4O/c10-8-4-6(9(15)14-13-8)3-7-1-2-11-5-12-7/h1-2,4-5H,3H2,(H,14,15). The van der Waals surface area contributed by atoms with Crippen LogP contribution in [-0.4, -0.2) is 20.2 Å². The first-order valence-corrected chi connectivity index (χ1v) is 4.62. The molecule has 0 aliphatic rings. The second kappa shape index (κ2) is 4.18. The first kappa shape index (κ1) is 9.79. The lowest BCUT2D eigenvalue weighted by molar-refractivity contribution is 0.931. The van der Waals surface area contributed by atoms with E-state index in [4.69, 9.17) is 11.6 Å². The maximum atomic E-state index is 11.4. The van der Waals surface area contributed by atoms with Crippen LogP contribution in [0.2, 0.25) is 5.15 Å². The summed E-state index contributed by atoms with van der Waals surface area (Å²) >= 11 is 5.67. The Kier molecular flexibility index (Phi) is 2.73. The summed E-state index contributed by atoms with van der Waals surface area (Å²) in [6, 6.07) is 3.27. The number of nitrogens with one attached hydrogen (secondary N) is 1. The Bertz CT molecular complexity index is 511. The minimum Gasteiger partial charge on any atom is -0.268 e. The Labute approximate surface area is 90.2 Å². The van der Waals surface area contributed by atoms with Crippen molar-refractivity contribution < 1.29 is 0 Å². The molecular weight excluding hydrogens is 216 g/mol. The highest BCUT2D eigenvalue weighted by Gasteiger charge is 2.03. The van der Waals surface area contributed by atoms with Crippen molar-refractivity contribution in [3.63, 3.8) is 0 Å². The van der Waals surface area contributed by atoms with Gasteiger partial charge in [-0.25, -0.2) is 15.1 Å². The number of nitrogens with zero attached hydrogens (tertiary/aromatic N) is 3. The lowest BCUT2D eigenvalue weighted by Crippen LogP contribution is -2.14. The topological polar surface area (TPSA) is 71.5 Å². The summed E-state index contributed by atoms with van der Waals surface area (Å²) in [6.07, 6.45) is 3.48. The summed E-state index contributed by atoms with van der Waals surface area (Å²) in [7, 11) is 0. The van der Waals surface area contributed by atoms with Crippen LogP contribution in [0.1, 0.15) is 11.3 Å². The molecule has 6 heteroatoms. The number of aromatic nitrogens is 4. The Morgan fingerprint density at radius 3 is 3.07 bits per heavy atom. The van der Waals surface area contributed by atoms with Crippen molar-refractivity contribution in [1.82, 2.24) is 20.2 Å². The van der Waals surface area contributed by atoms with Crippen LogP contribution in [0.3, 0.4) is 0 Å². The molecule has 15 heavy (non-hydrogen) atoms. The number of rotatable bonds is 2. The fraction of sp³-hybridized carbons (Fsp3) is 0.111. The molecule has 0 atom stereocenters. The lowest BCUT2D eigenvalue weighted by Gasteiger charge is -1.99. The number of H-pyrrole nitrogens is 1. The van der Waals surface area contributed by atoms with Crippen molar-refractivity contribution >= 4 is 11.6 Å². The first-order chi connectivity index (χ1) is 7.25. The lowest BCUT2D eigenvalue weighted by atomic mass is 10.2. The highest BCUT2D eigenvalue weighted by molar-refractivity contribution is 6.29. The molecule has 0 aliphatic heterocycles. The van der Waals surface area contributed by atoms with Gasteiger partial charge in [0.05, 0.1) is 0 Å². The van der Waals surface area contributed by atoms with Gasteiger partial charge < -0.3 is 0 Å². The van der Waals surface area contributed by atoms with Gasteiger partial charge in [-0.15, -0.1) is 0 Å². The third-order valence-electron chi connectivity index (χ3n) is 1.86. The van der Waals surface area contributed by atoms with Gasteiger partial charge in [0, 0.05) is 23.9 Å². The summed E-state index contributed by atoms with van der Waals surface area (Å²) in [5.41, 5.74) is 1.05. The van der Waals surface area contributed by atoms with Gasteiger partial charge in [0.1, 0.15) is 11.5 Å². The van der Waals surface area contributed by atoms with Crippen LogP contribution in [0.25, 0.3) is 0 Å². The zero-order valence-electron chi connectivity index (χ0n) is 7.64. The molecule has 5 nitrogen and oxygen atoms in total. The number of hydrogen-bond donors (Lipinski definition) is 1. The molecule has 0 bridgehead atoms. The van der Waals surface area contributed by atoms with Crippen molar-refractivity contribution in [3.05, 3.63) is 51.4 Å². The second-order valence-electron chi connectivity index (χ2n) is 2.92. The molecule has 0 saturated heterocycles. The zero-order chi connectivity index (χ0) is 10.7. The Morgan fingerprint density at radius 1 is 1.47 bits per heavy atom. The molecular formula is C9H7ClN4O. The van der Waals surface area contributed by atoms with Gasteiger partial charge in [-0.05, 0) is 12.1 Å². The van der Waals surface area contributed by atoms with Crippen LogP contribution in [-0.2, 0) is 6.42 Å². The summed E-state index contributed by atoms with van der Waals surface area (Å²) in [4.78, 5) is 19.2. The third-order valence-corrected chi connectivity index (χ3v) is 2.06. The molecule has 0 spiro atoms. The van der Waals surface area contributed by atoms with E-state index in [-0.39, 0.29) is 10.7 Å².